The Morgan fingerprint density at radius 2 is 1.94 bits per heavy atom. The molecule has 18 heavy (non-hydrogen) atoms. The number of amides is 2. The lowest BCUT2D eigenvalue weighted by molar-refractivity contribution is -0.129. The van der Waals surface area contributed by atoms with Crippen molar-refractivity contribution in [3.05, 3.63) is 0 Å². The van der Waals surface area contributed by atoms with Crippen LogP contribution in [0, 0.1) is 17.3 Å². The first-order valence-electron chi connectivity index (χ1n) is 6.57. The minimum absolute atomic E-state index is 0.00771. The largest absolute Gasteiger partial charge is 0.369 e. The molecule has 0 aliphatic heterocycles. The highest BCUT2D eigenvalue weighted by atomic mass is 16.2. The van der Waals surface area contributed by atoms with Crippen molar-refractivity contribution < 1.29 is 9.59 Å². The van der Waals surface area contributed by atoms with Crippen LogP contribution >= 0.6 is 0 Å². The van der Waals surface area contributed by atoms with Crippen LogP contribution in [-0.4, -0.2) is 24.4 Å². The Balaban J connectivity index is 2.45. The van der Waals surface area contributed by atoms with Gasteiger partial charge in [0.15, 0.2) is 0 Å². The first kappa shape index (κ1) is 15.0. The van der Waals surface area contributed by atoms with Gasteiger partial charge in [0, 0.05) is 18.5 Å². The number of carbonyl (C=O) groups is 2. The van der Waals surface area contributed by atoms with Crippen LogP contribution in [0.1, 0.15) is 40.0 Å². The van der Waals surface area contributed by atoms with Gasteiger partial charge in [0.25, 0.3) is 0 Å². The lowest BCUT2D eigenvalue weighted by atomic mass is 9.79. The standard InChI is InChI=1S/C13H25N3O2/c1-8-4-5-9(6-10(8)14)11(17)16-7-13(2,3)12(15)18/h8-10H,4-7,14H2,1-3H3,(H2,15,18)(H,16,17). The molecule has 1 rings (SSSR count). The molecule has 104 valence electrons. The molecule has 3 atom stereocenters. The van der Waals surface area contributed by atoms with Crippen LogP contribution < -0.4 is 16.8 Å². The van der Waals surface area contributed by atoms with E-state index in [4.69, 9.17) is 11.5 Å². The zero-order valence-corrected chi connectivity index (χ0v) is 11.5. The van der Waals surface area contributed by atoms with Crippen LogP contribution in [0.15, 0.2) is 0 Å². The minimum atomic E-state index is -0.709. The Morgan fingerprint density at radius 3 is 2.44 bits per heavy atom. The summed E-state index contributed by atoms with van der Waals surface area (Å²) in [5, 5.41) is 2.81. The predicted molar refractivity (Wildman–Crippen MR) is 70.5 cm³/mol. The lowest BCUT2D eigenvalue weighted by Gasteiger charge is -2.31. The molecule has 1 aliphatic rings. The van der Waals surface area contributed by atoms with Gasteiger partial charge in [0.1, 0.15) is 0 Å². The summed E-state index contributed by atoms with van der Waals surface area (Å²) < 4.78 is 0. The first-order chi connectivity index (χ1) is 8.24. The number of rotatable bonds is 4. The van der Waals surface area contributed by atoms with Crippen LogP contribution in [0.25, 0.3) is 0 Å². The molecule has 3 unspecified atom stereocenters. The SMILES string of the molecule is CC1CCC(C(=O)NCC(C)(C)C(N)=O)CC1N. The molecule has 5 heteroatoms. The van der Waals surface area contributed by atoms with Crippen LogP contribution in [0.5, 0.6) is 0 Å². The molecule has 0 radical (unpaired) electrons. The third-order valence-electron chi connectivity index (χ3n) is 4.00. The van der Waals surface area contributed by atoms with Gasteiger partial charge in [-0.3, -0.25) is 9.59 Å². The van der Waals surface area contributed by atoms with Gasteiger partial charge < -0.3 is 16.8 Å². The smallest absolute Gasteiger partial charge is 0.224 e. The van der Waals surface area contributed by atoms with E-state index >= 15 is 0 Å². The maximum absolute atomic E-state index is 12.0. The van der Waals surface area contributed by atoms with E-state index in [0.717, 1.165) is 19.3 Å². The van der Waals surface area contributed by atoms with Crippen LogP contribution in [0.3, 0.4) is 0 Å². The van der Waals surface area contributed by atoms with Crippen molar-refractivity contribution in [3.8, 4) is 0 Å². The number of nitrogens with one attached hydrogen (secondary N) is 1. The van der Waals surface area contributed by atoms with Crippen LogP contribution in [0.4, 0.5) is 0 Å². The molecule has 0 heterocycles. The molecule has 2 amide bonds. The highest BCUT2D eigenvalue weighted by Crippen LogP contribution is 2.27. The van der Waals surface area contributed by atoms with E-state index in [0.29, 0.717) is 5.92 Å². The Hall–Kier alpha value is -1.10. The number of hydrogen-bond acceptors (Lipinski definition) is 3. The Kier molecular flexibility index (Phi) is 4.73. The van der Waals surface area contributed by atoms with Gasteiger partial charge >= 0.3 is 0 Å². The summed E-state index contributed by atoms with van der Waals surface area (Å²) in [7, 11) is 0. The summed E-state index contributed by atoms with van der Waals surface area (Å²) >= 11 is 0. The third kappa shape index (κ3) is 3.70. The number of hydrogen-bond donors (Lipinski definition) is 3. The Bertz CT molecular complexity index is 328. The number of carbonyl (C=O) groups excluding carboxylic acids is 2. The summed E-state index contributed by atoms with van der Waals surface area (Å²) in [5.41, 5.74) is 10.5. The predicted octanol–water partition coefficient (Wildman–Crippen LogP) is 0.378. The highest BCUT2D eigenvalue weighted by Gasteiger charge is 2.31. The maximum atomic E-state index is 12.0. The van der Waals surface area contributed by atoms with Gasteiger partial charge in [-0.2, -0.15) is 0 Å². The van der Waals surface area contributed by atoms with E-state index in [-0.39, 0.29) is 24.4 Å². The fraction of sp³-hybridized carbons (Fsp3) is 0.846. The second kappa shape index (κ2) is 5.69. The van der Waals surface area contributed by atoms with Crippen LogP contribution in [0.2, 0.25) is 0 Å². The van der Waals surface area contributed by atoms with E-state index in [1.54, 1.807) is 13.8 Å². The van der Waals surface area contributed by atoms with Crippen molar-refractivity contribution in [2.75, 3.05) is 6.54 Å². The quantitative estimate of drug-likeness (QED) is 0.677. The zero-order valence-electron chi connectivity index (χ0n) is 11.5. The van der Waals surface area contributed by atoms with Crippen molar-refractivity contribution in [2.45, 2.75) is 46.1 Å². The molecular formula is C13H25N3O2. The van der Waals surface area contributed by atoms with E-state index in [1.165, 1.54) is 0 Å². The van der Waals surface area contributed by atoms with Crippen LogP contribution in [-0.2, 0) is 9.59 Å². The van der Waals surface area contributed by atoms with Gasteiger partial charge in [0.05, 0.1) is 5.41 Å². The summed E-state index contributed by atoms with van der Waals surface area (Å²) in [4.78, 5) is 23.2. The van der Waals surface area contributed by atoms with E-state index in [2.05, 4.69) is 12.2 Å². The van der Waals surface area contributed by atoms with Crippen molar-refractivity contribution in [2.24, 2.45) is 28.7 Å². The van der Waals surface area contributed by atoms with E-state index in [9.17, 15) is 9.59 Å². The zero-order chi connectivity index (χ0) is 13.9. The average Bonchev–Trinajstić information content (AvgIpc) is 2.29. The summed E-state index contributed by atoms with van der Waals surface area (Å²) in [6.45, 7) is 5.85. The molecular weight excluding hydrogens is 230 g/mol. The molecule has 1 saturated carbocycles. The Labute approximate surface area is 109 Å². The maximum Gasteiger partial charge on any atom is 0.224 e. The molecule has 1 aliphatic carbocycles. The summed E-state index contributed by atoms with van der Waals surface area (Å²) in [6.07, 6.45) is 2.58. The first-order valence-corrected chi connectivity index (χ1v) is 6.57. The average molecular weight is 255 g/mol. The fourth-order valence-corrected chi connectivity index (χ4v) is 2.13. The minimum Gasteiger partial charge on any atom is -0.369 e. The van der Waals surface area contributed by atoms with Gasteiger partial charge in [-0.05, 0) is 39.0 Å². The fourth-order valence-electron chi connectivity index (χ4n) is 2.13. The molecule has 5 N–H and O–H groups in total. The van der Waals surface area contributed by atoms with Gasteiger partial charge in [-0.1, -0.05) is 6.92 Å². The molecule has 0 aromatic heterocycles. The summed E-state index contributed by atoms with van der Waals surface area (Å²) in [6, 6.07) is 0.0960. The Morgan fingerprint density at radius 1 is 1.33 bits per heavy atom. The monoisotopic (exact) mass is 255 g/mol. The summed E-state index contributed by atoms with van der Waals surface area (Å²) in [5.74, 6) is 0.0411. The molecule has 5 nitrogen and oxygen atoms in total. The molecule has 0 spiro atoms. The normalized spacial score (nSPS) is 28.8. The van der Waals surface area contributed by atoms with Gasteiger partial charge in [-0.25, -0.2) is 0 Å². The molecule has 0 saturated heterocycles. The number of primary amides is 1. The highest BCUT2D eigenvalue weighted by molar-refractivity contribution is 5.82. The van der Waals surface area contributed by atoms with Crippen molar-refractivity contribution in [1.82, 2.24) is 5.32 Å². The molecule has 1 fully saturated rings. The van der Waals surface area contributed by atoms with Crippen molar-refractivity contribution in [1.29, 1.82) is 0 Å². The third-order valence-corrected chi connectivity index (χ3v) is 4.00. The second-order valence-electron chi connectivity index (χ2n) is 6.12. The number of nitrogens with two attached hydrogens (primary N) is 2. The van der Waals surface area contributed by atoms with E-state index < -0.39 is 11.3 Å². The van der Waals surface area contributed by atoms with Crippen molar-refractivity contribution >= 4 is 11.8 Å². The lowest BCUT2D eigenvalue weighted by Crippen LogP contribution is -2.46. The molecule has 0 bridgehead atoms. The molecule has 0 aromatic rings. The van der Waals surface area contributed by atoms with E-state index in [1.807, 2.05) is 0 Å². The second-order valence-corrected chi connectivity index (χ2v) is 6.12. The van der Waals surface area contributed by atoms with Crippen molar-refractivity contribution in [3.63, 3.8) is 0 Å². The molecule has 0 aromatic carbocycles. The van der Waals surface area contributed by atoms with Gasteiger partial charge in [0.2, 0.25) is 11.8 Å². The topological polar surface area (TPSA) is 98.2 Å². The van der Waals surface area contributed by atoms with Gasteiger partial charge in [-0.15, -0.1) is 0 Å².